The first-order valence-corrected chi connectivity index (χ1v) is 8.79. The van der Waals surface area contributed by atoms with E-state index in [-0.39, 0.29) is 11.8 Å². The first kappa shape index (κ1) is 14.7. The number of hydrogen-bond acceptors (Lipinski definition) is 3. The van der Waals surface area contributed by atoms with Crippen LogP contribution >= 0.6 is 22.9 Å². The second-order valence-electron chi connectivity index (χ2n) is 5.80. The molecule has 4 rings (SSSR count). The van der Waals surface area contributed by atoms with Crippen LogP contribution in [0, 0.1) is 12.8 Å². The van der Waals surface area contributed by atoms with Gasteiger partial charge in [-0.3, -0.25) is 9.69 Å². The van der Waals surface area contributed by atoms with Gasteiger partial charge in [0.2, 0.25) is 5.91 Å². The molecule has 116 valence electrons. The molecular formula is C18H15ClN2OS. The molecule has 0 atom stereocenters. The summed E-state index contributed by atoms with van der Waals surface area (Å²) < 4.78 is 1.08. The minimum Gasteiger partial charge on any atom is -0.274 e. The van der Waals surface area contributed by atoms with Crippen molar-refractivity contribution in [2.75, 3.05) is 4.90 Å². The van der Waals surface area contributed by atoms with Gasteiger partial charge in [0.05, 0.1) is 15.9 Å². The molecule has 3 nitrogen and oxygen atoms in total. The summed E-state index contributed by atoms with van der Waals surface area (Å²) in [6.45, 7) is 1.94. The van der Waals surface area contributed by atoms with Crippen molar-refractivity contribution in [1.29, 1.82) is 0 Å². The van der Waals surface area contributed by atoms with Crippen LogP contribution in [0.25, 0.3) is 10.2 Å². The van der Waals surface area contributed by atoms with Crippen LogP contribution in [0.1, 0.15) is 18.4 Å². The van der Waals surface area contributed by atoms with E-state index in [9.17, 15) is 4.79 Å². The Hall–Kier alpha value is -1.91. The molecule has 0 saturated heterocycles. The van der Waals surface area contributed by atoms with Gasteiger partial charge >= 0.3 is 0 Å². The van der Waals surface area contributed by atoms with Crippen LogP contribution < -0.4 is 4.90 Å². The predicted molar refractivity (Wildman–Crippen MR) is 95.7 cm³/mol. The summed E-state index contributed by atoms with van der Waals surface area (Å²) in [5, 5.41) is 1.38. The molecule has 0 radical (unpaired) electrons. The molecule has 23 heavy (non-hydrogen) atoms. The molecule has 1 heterocycles. The molecule has 0 spiro atoms. The van der Waals surface area contributed by atoms with Crippen LogP contribution in [0.4, 0.5) is 10.8 Å². The fraction of sp³-hybridized carbons (Fsp3) is 0.222. The highest BCUT2D eigenvalue weighted by Gasteiger charge is 2.36. The summed E-state index contributed by atoms with van der Waals surface area (Å²) in [7, 11) is 0. The van der Waals surface area contributed by atoms with E-state index in [1.165, 1.54) is 11.3 Å². The molecule has 0 aliphatic heterocycles. The number of benzene rings is 2. The molecule has 1 saturated carbocycles. The Bertz CT molecular complexity index is 868. The van der Waals surface area contributed by atoms with Crippen LogP contribution in [0.5, 0.6) is 0 Å². The van der Waals surface area contributed by atoms with Crippen molar-refractivity contribution in [1.82, 2.24) is 4.98 Å². The van der Waals surface area contributed by atoms with Gasteiger partial charge in [-0.1, -0.05) is 41.1 Å². The van der Waals surface area contributed by atoms with E-state index in [0.29, 0.717) is 10.2 Å². The molecule has 0 N–H and O–H groups in total. The number of aromatic nitrogens is 1. The van der Waals surface area contributed by atoms with E-state index in [1.807, 2.05) is 49.4 Å². The minimum atomic E-state index is 0.111. The summed E-state index contributed by atoms with van der Waals surface area (Å²) in [5.74, 6) is 0.231. The maximum atomic E-state index is 12.9. The molecule has 1 aliphatic carbocycles. The molecule has 0 bridgehead atoms. The average Bonchev–Trinajstić information content (AvgIpc) is 3.31. The molecule has 1 fully saturated rings. The number of thiazole rings is 1. The smallest absolute Gasteiger partial charge is 0.236 e. The number of hydrogen-bond donors (Lipinski definition) is 0. The maximum Gasteiger partial charge on any atom is 0.236 e. The van der Waals surface area contributed by atoms with Crippen LogP contribution in [0.3, 0.4) is 0 Å². The quantitative estimate of drug-likeness (QED) is 0.644. The lowest BCUT2D eigenvalue weighted by Crippen LogP contribution is -2.27. The second-order valence-corrected chi connectivity index (χ2v) is 7.21. The number of nitrogens with zero attached hydrogens (tertiary/aromatic N) is 2. The summed E-state index contributed by atoms with van der Waals surface area (Å²) in [5.41, 5.74) is 2.65. The largest absolute Gasteiger partial charge is 0.274 e. The Morgan fingerprint density at radius 1 is 1.22 bits per heavy atom. The summed E-state index contributed by atoms with van der Waals surface area (Å²) >= 11 is 7.81. The highest BCUT2D eigenvalue weighted by Crippen LogP contribution is 2.41. The zero-order chi connectivity index (χ0) is 16.0. The van der Waals surface area contributed by atoms with E-state index >= 15 is 0 Å². The van der Waals surface area contributed by atoms with E-state index in [4.69, 9.17) is 11.6 Å². The summed E-state index contributed by atoms with van der Waals surface area (Å²) in [6, 6.07) is 13.6. The highest BCUT2D eigenvalue weighted by atomic mass is 35.5. The number of fused-ring (bicyclic) bond motifs is 1. The molecule has 0 unspecified atom stereocenters. The van der Waals surface area contributed by atoms with E-state index in [2.05, 4.69) is 4.98 Å². The number of carbonyl (C=O) groups excluding carboxylic acids is 1. The first-order valence-electron chi connectivity index (χ1n) is 7.60. The third-order valence-corrected chi connectivity index (χ3v) is 5.53. The first-order chi connectivity index (χ1) is 11.1. The van der Waals surface area contributed by atoms with Gasteiger partial charge in [0.15, 0.2) is 5.13 Å². The molecule has 1 amide bonds. The Balaban J connectivity index is 1.88. The Kier molecular flexibility index (Phi) is 3.58. The zero-order valence-electron chi connectivity index (χ0n) is 12.6. The normalized spacial score (nSPS) is 14.2. The van der Waals surface area contributed by atoms with Gasteiger partial charge in [0.1, 0.15) is 0 Å². The van der Waals surface area contributed by atoms with Crippen LogP contribution in [0.15, 0.2) is 42.5 Å². The van der Waals surface area contributed by atoms with E-state index in [1.54, 1.807) is 4.90 Å². The monoisotopic (exact) mass is 342 g/mol. The van der Waals surface area contributed by atoms with Gasteiger partial charge in [-0.25, -0.2) is 4.98 Å². The predicted octanol–water partition coefficient (Wildman–Crippen LogP) is 5.33. The third kappa shape index (κ3) is 2.62. The number of anilines is 2. The molecule has 2 aromatic carbocycles. The fourth-order valence-electron chi connectivity index (χ4n) is 2.62. The second kappa shape index (κ2) is 5.62. The van der Waals surface area contributed by atoms with Crippen molar-refractivity contribution in [2.24, 2.45) is 5.92 Å². The van der Waals surface area contributed by atoms with E-state index < -0.39 is 0 Å². The lowest BCUT2D eigenvalue weighted by molar-refractivity contribution is -0.119. The molecule has 3 aromatic rings. The Labute approximate surface area is 143 Å². The van der Waals surface area contributed by atoms with Crippen LogP contribution in [0.2, 0.25) is 5.02 Å². The maximum absolute atomic E-state index is 12.9. The standard InChI is InChI=1S/C18H15ClN2OS/c1-11-13(19)5-4-7-15(11)21(17(22)12-9-10-12)18-20-14-6-2-3-8-16(14)23-18/h2-8,12H,9-10H2,1H3. The topological polar surface area (TPSA) is 33.2 Å². The fourth-order valence-corrected chi connectivity index (χ4v) is 3.78. The SMILES string of the molecule is Cc1c(Cl)cccc1N(C(=O)C1CC1)c1nc2ccccc2s1. The number of amides is 1. The van der Waals surface area contributed by atoms with Gasteiger partial charge in [0, 0.05) is 10.9 Å². The minimum absolute atomic E-state index is 0.111. The Morgan fingerprint density at radius 3 is 2.74 bits per heavy atom. The van der Waals surface area contributed by atoms with Gasteiger partial charge in [-0.2, -0.15) is 0 Å². The van der Waals surface area contributed by atoms with Crippen molar-refractivity contribution in [3.8, 4) is 0 Å². The average molecular weight is 343 g/mol. The van der Waals surface area contributed by atoms with Gasteiger partial charge in [-0.15, -0.1) is 0 Å². The lowest BCUT2D eigenvalue weighted by Gasteiger charge is -2.22. The van der Waals surface area contributed by atoms with Crippen molar-refractivity contribution in [3.05, 3.63) is 53.1 Å². The zero-order valence-corrected chi connectivity index (χ0v) is 14.2. The van der Waals surface area contributed by atoms with Gasteiger partial charge in [-0.05, 0) is 49.6 Å². The van der Waals surface area contributed by atoms with Gasteiger partial charge in [0.25, 0.3) is 0 Å². The van der Waals surface area contributed by atoms with Gasteiger partial charge < -0.3 is 0 Å². The van der Waals surface area contributed by atoms with Crippen molar-refractivity contribution >= 4 is 49.9 Å². The number of rotatable bonds is 3. The van der Waals surface area contributed by atoms with Crippen LogP contribution in [-0.4, -0.2) is 10.9 Å². The highest BCUT2D eigenvalue weighted by molar-refractivity contribution is 7.22. The van der Waals surface area contributed by atoms with E-state index in [0.717, 1.165) is 34.3 Å². The number of carbonyl (C=O) groups is 1. The van der Waals surface area contributed by atoms with Crippen molar-refractivity contribution in [2.45, 2.75) is 19.8 Å². The summed E-state index contributed by atoms with van der Waals surface area (Å²) in [4.78, 5) is 19.3. The Morgan fingerprint density at radius 2 is 2.00 bits per heavy atom. The molecule has 1 aromatic heterocycles. The lowest BCUT2D eigenvalue weighted by atomic mass is 10.1. The third-order valence-electron chi connectivity index (χ3n) is 4.10. The molecule has 5 heteroatoms. The van der Waals surface area contributed by atoms with Crippen LogP contribution in [-0.2, 0) is 4.79 Å². The molecule has 1 aliphatic rings. The summed E-state index contributed by atoms with van der Waals surface area (Å²) in [6.07, 6.45) is 1.92. The van der Waals surface area contributed by atoms with Crippen molar-refractivity contribution < 1.29 is 4.79 Å². The molecular weight excluding hydrogens is 328 g/mol. The number of para-hydroxylation sites is 1. The number of halogens is 1. The van der Waals surface area contributed by atoms with Crippen molar-refractivity contribution in [3.63, 3.8) is 0 Å².